The lowest BCUT2D eigenvalue weighted by Gasteiger charge is -2.12. The largest absolute Gasteiger partial charge is 0.384 e. The molecule has 1 atom stereocenters. The fourth-order valence-corrected chi connectivity index (χ4v) is 2.76. The van der Waals surface area contributed by atoms with E-state index < -0.39 is 0 Å². The predicted molar refractivity (Wildman–Crippen MR) is 65.2 cm³/mol. The first-order chi connectivity index (χ1) is 7.28. The standard InChI is InChI=1S/C10H16N4S/c1-2-9-13-8(11)5-10(14-9)12-7-3-4-15-6-7/h5,7H,2-4,6H2,1H3,(H3,11,12,13,14). The number of nitrogens with two attached hydrogens (primary N) is 1. The number of aryl methyl sites for hydroxylation is 1. The van der Waals surface area contributed by atoms with Gasteiger partial charge in [-0.1, -0.05) is 6.92 Å². The van der Waals surface area contributed by atoms with Gasteiger partial charge in [0.2, 0.25) is 0 Å². The van der Waals surface area contributed by atoms with Gasteiger partial charge < -0.3 is 11.1 Å². The zero-order valence-corrected chi connectivity index (χ0v) is 9.68. The summed E-state index contributed by atoms with van der Waals surface area (Å²) in [6.45, 7) is 2.03. The minimum atomic E-state index is 0.536. The fraction of sp³-hybridized carbons (Fsp3) is 0.600. The number of hydrogen-bond acceptors (Lipinski definition) is 5. The smallest absolute Gasteiger partial charge is 0.132 e. The number of nitrogen functional groups attached to an aromatic ring is 1. The average molecular weight is 224 g/mol. The van der Waals surface area contributed by atoms with E-state index in [-0.39, 0.29) is 0 Å². The van der Waals surface area contributed by atoms with Crippen LogP contribution in [0.15, 0.2) is 6.07 Å². The third kappa shape index (κ3) is 2.75. The van der Waals surface area contributed by atoms with E-state index in [1.807, 2.05) is 24.8 Å². The van der Waals surface area contributed by atoms with Crippen molar-refractivity contribution in [1.29, 1.82) is 0 Å². The molecule has 1 unspecified atom stereocenters. The van der Waals surface area contributed by atoms with Crippen molar-refractivity contribution in [2.75, 3.05) is 22.6 Å². The highest BCUT2D eigenvalue weighted by Crippen LogP contribution is 2.21. The Hall–Kier alpha value is -0.970. The first-order valence-electron chi connectivity index (χ1n) is 5.25. The predicted octanol–water partition coefficient (Wildman–Crippen LogP) is 1.54. The summed E-state index contributed by atoms with van der Waals surface area (Å²) in [7, 11) is 0. The molecule has 5 heteroatoms. The molecule has 0 saturated carbocycles. The van der Waals surface area contributed by atoms with Gasteiger partial charge in [0.1, 0.15) is 17.5 Å². The summed E-state index contributed by atoms with van der Waals surface area (Å²) in [6.07, 6.45) is 2.02. The second-order valence-corrected chi connectivity index (χ2v) is 4.80. The number of nitrogens with zero attached hydrogens (tertiary/aromatic N) is 2. The highest BCUT2D eigenvalue weighted by molar-refractivity contribution is 7.99. The molecular weight excluding hydrogens is 208 g/mol. The lowest BCUT2D eigenvalue weighted by Crippen LogP contribution is -2.19. The van der Waals surface area contributed by atoms with Crippen LogP contribution in [0.1, 0.15) is 19.2 Å². The summed E-state index contributed by atoms with van der Waals surface area (Å²) in [6, 6.07) is 2.34. The zero-order valence-electron chi connectivity index (χ0n) is 8.86. The second kappa shape index (κ2) is 4.70. The summed E-state index contributed by atoms with van der Waals surface area (Å²) in [5.74, 6) is 4.62. The van der Waals surface area contributed by atoms with Gasteiger partial charge in [0.15, 0.2) is 0 Å². The van der Waals surface area contributed by atoms with Crippen molar-refractivity contribution in [2.45, 2.75) is 25.8 Å². The molecule has 4 nitrogen and oxygen atoms in total. The molecule has 0 amide bonds. The molecule has 0 bridgehead atoms. The topological polar surface area (TPSA) is 63.8 Å². The van der Waals surface area contributed by atoms with Crippen molar-refractivity contribution in [2.24, 2.45) is 0 Å². The minimum absolute atomic E-state index is 0.536. The first kappa shape index (κ1) is 10.5. The van der Waals surface area contributed by atoms with Gasteiger partial charge in [-0.2, -0.15) is 11.8 Å². The van der Waals surface area contributed by atoms with E-state index in [1.165, 1.54) is 12.2 Å². The van der Waals surface area contributed by atoms with E-state index in [4.69, 9.17) is 5.73 Å². The lowest BCUT2D eigenvalue weighted by atomic mass is 10.2. The Morgan fingerprint density at radius 1 is 1.60 bits per heavy atom. The molecule has 0 radical (unpaired) electrons. The molecular formula is C10H16N4S. The van der Waals surface area contributed by atoms with E-state index in [0.717, 1.165) is 23.8 Å². The Kier molecular flexibility index (Phi) is 3.30. The Morgan fingerprint density at radius 2 is 2.47 bits per heavy atom. The van der Waals surface area contributed by atoms with Crippen molar-refractivity contribution in [3.8, 4) is 0 Å². The van der Waals surface area contributed by atoms with Crippen LogP contribution in [0.25, 0.3) is 0 Å². The summed E-state index contributed by atoms with van der Waals surface area (Å²) in [5, 5.41) is 3.40. The van der Waals surface area contributed by atoms with Gasteiger partial charge in [0.05, 0.1) is 0 Å². The molecule has 2 rings (SSSR count). The van der Waals surface area contributed by atoms with Crippen LogP contribution in [-0.4, -0.2) is 27.5 Å². The van der Waals surface area contributed by atoms with Crippen LogP contribution in [0.4, 0.5) is 11.6 Å². The average Bonchev–Trinajstić information content (AvgIpc) is 2.69. The third-order valence-electron chi connectivity index (χ3n) is 2.39. The van der Waals surface area contributed by atoms with E-state index in [0.29, 0.717) is 11.9 Å². The molecule has 0 aliphatic carbocycles. The van der Waals surface area contributed by atoms with E-state index in [1.54, 1.807) is 0 Å². The molecule has 82 valence electrons. The highest BCUT2D eigenvalue weighted by atomic mass is 32.2. The van der Waals surface area contributed by atoms with Crippen molar-refractivity contribution >= 4 is 23.4 Å². The Morgan fingerprint density at radius 3 is 3.13 bits per heavy atom. The maximum atomic E-state index is 5.71. The SMILES string of the molecule is CCc1nc(N)cc(NC2CCSC2)n1. The molecule has 1 fully saturated rings. The van der Waals surface area contributed by atoms with Crippen molar-refractivity contribution < 1.29 is 0 Å². The molecule has 1 saturated heterocycles. The summed E-state index contributed by atoms with van der Waals surface area (Å²) >= 11 is 1.98. The Labute approximate surface area is 94.1 Å². The molecule has 0 spiro atoms. The minimum Gasteiger partial charge on any atom is -0.384 e. The molecule has 1 aliphatic heterocycles. The van der Waals surface area contributed by atoms with E-state index >= 15 is 0 Å². The number of hydrogen-bond donors (Lipinski definition) is 2. The van der Waals surface area contributed by atoms with Gasteiger partial charge in [-0.3, -0.25) is 0 Å². The number of rotatable bonds is 3. The van der Waals surface area contributed by atoms with Gasteiger partial charge in [0, 0.05) is 24.3 Å². The van der Waals surface area contributed by atoms with E-state index in [9.17, 15) is 0 Å². The fourth-order valence-electron chi connectivity index (χ4n) is 1.61. The third-order valence-corrected chi connectivity index (χ3v) is 3.55. The number of thioether (sulfide) groups is 1. The molecule has 1 aliphatic rings. The molecule has 1 aromatic heterocycles. The van der Waals surface area contributed by atoms with Crippen molar-refractivity contribution in [3.63, 3.8) is 0 Å². The monoisotopic (exact) mass is 224 g/mol. The number of aromatic nitrogens is 2. The summed E-state index contributed by atoms with van der Waals surface area (Å²) in [4.78, 5) is 8.55. The lowest BCUT2D eigenvalue weighted by molar-refractivity contribution is 0.801. The first-order valence-corrected chi connectivity index (χ1v) is 6.41. The number of nitrogens with one attached hydrogen (secondary N) is 1. The van der Waals surface area contributed by atoms with Crippen LogP contribution in [-0.2, 0) is 6.42 Å². The Bertz CT molecular complexity index is 336. The van der Waals surface area contributed by atoms with Crippen LogP contribution >= 0.6 is 11.8 Å². The molecule has 1 aromatic rings. The van der Waals surface area contributed by atoms with Crippen molar-refractivity contribution in [3.05, 3.63) is 11.9 Å². The number of anilines is 2. The summed E-state index contributed by atoms with van der Waals surface area (Å²) in [5.41, 5.74) is 5.71. The van der Waals surface area contributed by atoms with Crippen LogP contribution in [0, 0.1) is 0 Å². The summed E-state index contributed by atoms with van der Waals surface area (Å²) < 4.78 is 0. The zero-order chi connectivity index (χ0) is 10.7. The van der Waals surface area contributed by atoms with Crippen LogP contribution in [0.2, 0.25) is 0 Å². The van der Waals surface area contributed by atoms with Gasteiger partial charge in [-0.25, -0.2) is 9.97 Å². The maximum absolute atomic E-state index is 5.71. The highest BCUT2D eigenvalue weighted by Gasteiger charge is 2.15. The van der Waals surface area contributed by atoms with Crippen LogP contribution in [0.3, 0.4) is 0 Å². The second-order valence-electron chi connectivity index (χ2n) is 3.65. The van der Waals surface area contributed by atoms with Gasteiger partial charge in [-0.15, -0.1) is 0 Å². The van der Waals surface area contributed by atoms with Gasteiger partial charge in [0.25, 0.3) is 0 Å². The van der Waals surface area contributed by atoms with Crippen molar-refractivity contribution in [1.82, 2.24) is 9.97 Å². The molecule has 15 heavy (non-hydrogen) atoms. The quantitative estimate of drug-likeness (QED) is 0.815. The van der Waals surface area contributed by atoms with Crippen LogP contribution < -0.4 is 11.1 Å². The molecule has 2 heterocycles. The molecule has 0 aromatic carbocycles. The normalized spacial score (nSPS) is 20.5. The Balaban J connectivity index is 2.09. The van der Waals surface area contributed by atoms with E-state index in [2.05, 4.69) is 15.3 Å². The van der Waals surface area contributed by atoms with Gasteiger partial charge >= 0.3 is 0 Å². The van der Waals surface area contributed by atoms with Crippen LogP contribution in [0.5, 0.6) is 0 Å². The van der Waals surface area contributed by atoms with Gasteiger partial charge in [-0.05, 0) is 12.2 Å². The molecule has 3 N–H and O–H groups in total. The maximum Gasteiger partial charge on any atom is 0.132 e.